The van der Waals surface area contributed by atoms with Gasteiger partial charge in [-0.05, 0) is 49.1 Å². The van der Waals surface area contributed by atoms with Crippen LogP contribution in [0.2, 0.25) is 0 Å². The topological polar surface area (TPSA) is 110 Å². The van der Waals surface area contributed by atoms with Crippen LogP contribution in [0.3, 0.4) is 0 Å². The fourth-order valence-corrected chi connectivity index (χ4v) is 4.19. The maximum atomic E-state index is 9.01. The number of aryl methyl sites for hydroxylation is 1. The number of rotatable bonds is 9. The summed E-state index contributed by atoms with van der Waals surface area (Å²) >= 11 is 4.26. The molecule has 0 aliphatic carbocycles. The molecule has 2 aromatic carbocycles. The SMILES string of the molecule is N#Cc1cccc(CCCC(I)Cc2nc(N)nc(Nc3ccccc3OI)n2)c1. The first-order valence-electron chi connectivity index (χ1n) is 9.35. The molecule has 0 saturated heterocycles. The van der Waals surface area contributed by atoms with Gasteiger partial charge in [-0.1, -0.05) is 46.9 Å². The van der Waals surface area contributed by atoms with Gasteiger partial charge < -0.3 is 14.1 Å². The number of nitrogens with zero attached hydrogens (tertiary/aromatic N) is 4. The fraction of sp³-hybridized carbons (Fsp3) is 0.238. The predicted octanol–water partition coefficient (Wildman–Crippen LogP) is 5.17. The summed E-state index contributed by atoms with van der Waals surface area (Å²) < 4.78 is 5.69. The molecule has 0 radical (unpaired) electrons. The Balaban J connectivity index is 1.58. The fourth-order valence-electron chi connectivity index (χ4n) is 2.97. The molecule has 1 atom stereocenters. The summed E-state index contributed by atoms with van der Waals surface area (Å²) in [4.78, 5) is 13.0. The van der Waals surface area contributed by atoms with Crippen molar-refractivity contribution in [3.8, 4) is 11.8 Å². The maximum Gasteiger partial charge on any atom is 0.232 e. The van der Waals surface area contributed by atoms with Gasteiger partial charge in [0.05, 0.1) is 17.3 Å². The second-order valence-corrected chi connectivity index (χ2v) is 8.84. The Labute approximate surface area is 203 Å². The van der Waals surface area contributed by atoms with E-state index in [9.17, 15) is 0 Å². The van der Waals surface area contributed by atoms with Crippen molar-refractivity contribution in [1.82, 2.24) is 15.0 Å². The van der Waals surface area contributed by atoms with E-state index in [2.05, 4.69) is 55.0 Å². The van der Waals surface area contributed by atoms with E-state index in [1.54, 1.807) is 0 Å². The van der Waals surface area contributed by atoms with Crippen LogP contribution in [-0.4, -0.2) is 18.9 Å². The highest BCUT2D eigenvalue weighted by Crippen LogP contribution is 2.27. The minimum absolute atomic E-state index is 0.187. The molecular formula is C21H20I2N6O. The van der Waals surface area contributed by atoms with Crippen molar-refractivity contribution < 1.29 is 3.07 Å². The lowest BCUT2D eigenvalue weighted by atomic mass is 10.0. The van der Waals surface area contributed by atoms with Gasteiger partial charge in [0.2, 0.25) is 11.9 Å². The highest BCUT2D eigenvalue weighted by molar-refractivity contribution is 14.1. The van der Waals surface area contributed by atoms with Gasteiger partial charge in [0.1, 0.15) is 5.82 Å². The first-order valence-corrected chi connectivity index (χ1v) is 11.5. The number of anilines is 3. The Morgan fingerprint density at radius 3 is 2.77 bits per heavy atom. The molecule has 30 heavy (non-hydrogen) atoms. The van der Waals surface area contributed by atoms with Gasteiger partial charge in [0.15, 0.2) is 28.8 Å². The number of aromatic nitrogens is 3. The van der Waals surface area contributed by atoms with Crippen molar-refractivity contribution in [3.05, 3.63) is 65.5 Å². The van der Waals surface area contributed by atoms with E-state index in [0.29, 0.717) is 33.4 Å². The van der Waals surface area contributed by atoms with E-state index in [1.165, 1.54) is 5.56 Å². The maximum absolute atomic E-state index is 9.01. The van der Waals surface area contributed by atoms with Crippen LogP contribution >= 0.6 is 45.6 Å². The number of nitrogens with one attached hydrogen (secondary N) is 1. The molecule has 7 nitrogen and oxygen atoms in total. The molecule has 0 amide bonds. The molecule has 0 fully saturated rings. The molecule has 0 aliphatic heterocycles. The second kappa shape index (κ2) is 11.3. The van der Waals surface area contributed by atoms with Crippen molar-refractivity contribution in [2.45, 2.75) is 29.6 Å². The largest absolute Gasteiger partial charge is 0.425 e. The number of nitrogens with two attached hydrogens (primary N) is 1. The number of alkyl halides is 1. The van der Waals surface area contributed by atoms with Crippen molar-refractivity contribution in [2.24, 2.45) is 0 Å². The Bertz CT molecular complexity index is 1040. The monoisotopic (exact) mass is 626 g/mol. The molecule has 3 N–H and O–H groups in total. The van der Waals surface area contributed by atoms with Crippen LogP contribution in [0, 0.1) is 11.3 Å². The Kier molecular flexibility index (Phi) is 8.44. The minimum Gasteiger partial charge on any atom is -0.425 e. The van der Waals surface area contributed by atoms with Crippen molar-refractivity contribution in [1.29, 1.82) is 5.26 Å². The van der Waals surface area contributed by atoms with Gasteiger partial charge >= 0.3 is 0 Å². The molecule has 154 valence electrons. The molecule has 0 bridgehead atoms. The molecule has 1 heterocycles. The lowest BCUT2D eigenvalue weighted by Crippen LogP contribution is -2.11. The van der Waals surface area contributed by atoms with E-state index >= 15 is 0 Å². The average Bonchev–Trinajstić information content (AvgIpc) is 2.74. The first-order chi connectivity index (χ1) is 14.6. The van der Waals surface area contributed by atoms with Crippen LogP contribution in [0.5, 0.6) is 5.75 Å². The Morgan fingerprint density at radius 2 is 1.97 bits per heavy atom. The number of nitrogen functional groups attached to an aromatic ring is 1. The van der Waals surface area contributed by atoms with E-state index < -0.39 is 0 Å². The first kappa shape index (κ1) is 22.5. The average molecular weight is 626 g/mol. The Hall–Kier alpha value is -2.20. The van der Waals surface area contributed by atoms with Gasteiger partial charge in [0, 0.05) is 10.3 Å². The zero-order valence-corrected chi connectivity index (χ0v) is 20.4. The third kappa shape index (κ3) is 6.66. The summed E-state index contributed by atoms with van der Waals surface area (Å²) in [6, 6.07) is 17.5. The zero-order chi connectivity index (χ0) is 21.3. The van der Waals surface area contributed by atoms with Crippen molar-refractivity contribution >= 4 is 63.2 Å². The Morgan fingerprint density at radius 1 is 1.13 bits per heavy atom. The van der Waals surface area contributed by atoms with Gasteiger partial charge in [-0.25, -0.2) is 0 Å². The van der Waals surface area contributed by atoms with Gasteiger partial charge in [-0.3, -0.25) is 0 Å². The predicted molar refractivity (Wildman–Crippen MR) is 134 cm³/mol. The van der Waals surface area contributed by atoms with Gasteiger partial charge in [-0.2, -0.15) is 20.2 Å². The number of para-hydroxylation sites is 2. The summed E-state index contributed by atoms with van der Waals surface area (Å²) in [6.45, 7) is 0. The molecule has 0 spiro atoms. The summed E-state index contributed by atoms with van der Waals surface area (Å²) in [6.07, 6.45) is 3.67. The van der Waals surface area contributed by atoms with Gasteiger partial charge in [-0.15, -0.1) is 0 Å². The molecule has 3 rings (SSSR count). The molecular weight excluding hydrogens is 606 g/mol. The quantitative estimate of drug-likeness (QED) is 0.249. The lowest BCUT2D eigenvalue weighted by Gasteiger charge is -2.12. The molecule has 9 heteroatoms. The standard InChI is InChI=1S/C21H20I2N6O/c22-16(8-4-6-14-5-3-7-15(11-14)13-24)12-19-27-20(25)29-21(28-19)26-17-9-1-2-10-18(17)30-23/h1-3,5,7,9-11,16H,4,6,8,12H2,(H3,25,26,27,28,29). The molecule has 0 saturated carbocycles. The second-order valence-electron chi connectivity index (χ2n) is 6.64. The van der Waals surface area contributed by atoms with Crippen molar-refractivity contribution in [2.75, 3.05) is 11.1 Å². The van der Waals surface area contributed by atoms with Crippen LogP contribution in [0.15, 0.2) is 48.5 Å². The normalized spacial score (nSPS) is 11.5. The highest BCUT2D eigenvalue weighted by Gasteiger charge is 2.12. The third-order valence-corrected chi connectivity index (χ3v) is 5.90. The number of benzene rings is 2. The van der Waals surface area contributed by atoms with Crippen molar-refractivity contribution in [3.63, 3.8) is 0 Å². The highest BCUT2D eigenvalue weighted by atomic mass is 127. The lowest BCUT2D eigenvalue weighted by molar-refractivity contribution is 0.691. The molecule has 3 aromatic rings. The number of hydrogen-bond donors (Lipinski definition) is 2. The van der Waals surface area contributed by atoms with E-state index in [0.717, 1.165) is 24.9 Å². The summed E-state index contributed by atoms with van der Waals surface area (Å²) in [5.74, 6) is 1.93. The molecule has 0 aliphatic rings. The molecule has 1 aromatic heterocycles. The number of hydrogen-bond acceptors (Lipinski definition) is 7. The van der Waals surface area contributed by atoms with Gasteiger partial charge in [0.25, 0.3) is 0 Å². The van der Waals surface area contributed by atoms with E-state index in [-0.39, 0.29) is 5.95 Å². The summed E-state index contributed by atoms with van der Waals surface area (Å²) in [5.41, 5.74) is 8.54. The number of halogens is 2. The minimum atomic E-state index is 0.187. The number of nitriles is 1. The summed E-state index contributed by atoms with van der Waals surface area (Å²) in [7, 11) is 0. The molecule has 1 unspecified atom stereocenters. The van der Waals surface area contributed by atoms with E-state index in [4.69, 9.17) is 14.1 Å². The zero-order valence-electron chi connectivity index (χ0n) is 16.1. The third-order valence-electron chi connectivity index (χ3n) is 4.36. The smallest absolute Gasteiger partial charge is 0.232 e. The van der Waals surface area contributed by atoms with E-state index in [1.807, 2.05) is 65.5 Å². The van der Waals surface area contributed by atoms with Crippen LogP contribution in [0.25, 0.3) is 0 Å². The van der Waals surface area contributed by atoms with Crippen LogP contribution in [0.1, 0.15) is 29.8 Å². The van der Waals surface area contributed by atoms with Crippen LogP contribution in [0.4, 0.5) is 17.6 Å². The van der Waals surface area contributed by atoms with Crippen LogP contribution in [-0.2, 0) is 12.8 Å². The summed E-state index contributed by atoms with van der Waals surface area (Å²) in [5, 5.41) is 12.2. The van der Waals surface area contributed by atoms with Crippen LogP contribution < -0.4 is 14.1 Å².